The van der Waals surface area contributed by atoms with Gasteiger partial charge in [-0.3, -0.25) is 9.48 Å². The van der Waals surface area contributed by atoms with Crippen molar-refractivity contribution in [3.63, 3.8) is 0 Å². The van der Waals surface area contributed by atoms with Gasteiger partial charge in [0.1, 0.15) is 5.69 Å². The minimum atomic E-state index is -0.217. The van der Waals surface area contributed by atoms with Gasteiger partial charge in [0, 0.05) is 14.2 Å². The smallest absolute Gasteiger partial charge is 0.294 e. The number of methoxy groups -OCH3 is 1. The molecule has 1 heterocycles. The van der Waals surface area contributed by atoms with E-state index < -0.39 is 0 Å². The van der Waals surface area contributed by atoms with Gasteiger partial charge in [-0.2, -0.15) is 0 Å². The van der Waals surface area contributed by atoms with Gasteiger partial charge in [0.05, 0.1) is 18.0 Å². The lowest BCUT2D eigenvalue weighted by atomic mass is 10.3. The highest BCUT2D eigenvalue weighted by molar-refractivity contribution is 5.45. The van der Waals surface area contributed by atoms with Crippen LogP contribution >= 0.6 is 0 Å². The van der Waals surface area contributed by atoms with Gasteiger partial charge in [-0.1, -0.05) is 18.2 Å². The molecule has 0 bridgehead atoms. The summed E-state index contributed by atoms with van der Waals surface area (Å²) < 4.78 is 8.29. The van der Waals surface area contributed by atoms with Crippen LogP contribution in [-0.2, 0) is 18.4 Å². The summed E-state index contributed by atoms with van der Waals surface area (Å²) in [5.41, 5.74) is 7.28. The number of ether oxygens (including phenoxy) is 1. The lowest BCUT2D eigenvalue weighted by Gasteiger charge is -2.09. The van der Waals surface area contributed by atoms with Crippen LogP contribution < -0.4 is 11.3 Å². The number of para-hydroxylation sites is 1. The third kappa shape index (κ3) is 1.85. The van der Waals surface area contributed by atoms with Crippen LogP contribution in [0.1, 0.15) is 5.69 Å². The first-order valence-electron chi connectivity index (χ1n) is 5.27. The number of anilines is 1. The molecule has 1 aromatic heterocycles. The molecule has 17 heavy (non-hydrogen) atoms. The zero-order chi connectivity index (χ0) is 12.4. The van der Waals surface area contributed by atoms with Gasteiger partial charge in [-0.15, -0.1) is 0 Å². The molecule has 1 aromatic carbocycles. The van der Waals surface area contributed by atoms with Crippen molar-refractivity contribution >= 4 is 5.69 Å². The van der Waals surface area contributed by atoms with Gasteiger partial charge in [-0.25, -0.2) is 4.68 Å². The molecule has 5 nitrogen and oxygen atoms in total. The van der Waals surface area contributed by atoms with Crippen molar-refractivity contribution in [1.29, 1.82) is 0 Å². The second kappa shape index (κ2) is 4.47. The average molecular weight is 233 g/mol. The normalized spacial score (nSPS) is 10.7. The zero-order valence-electron chi connectivity index (χ0n) is 9.88. The second-order valence-corrected chi connectivity index (χ2v) is 3.77. The third-order valence-electron chi connectivity index (χ3n) is 2.71. The number of rotatable bonds is 3. The predicted molar refractivity (Wildman–Crippen MR) is 66.1 cm³/mol. The van der Waals surface area contributed by atoms with Crippen LogP contribution in [0.3, 0.4) is 0 Å². The van der Waals surface area contributed by atoms with Gasteiger partial charge in [0.25, 0.3) is 5.56 Å². The molecule has 2 aromatic rings. The summed E-state index contributed by atoms with van der Waals surface area (Å²) >= 11 is 0. The lowest BCUT2D eigenvalue weighted by molar-refractivity contribution is 0.177. The summed E-state index contributed by atoms with van der Waals surface area (Å²) in [5.74, 6) is 0. The van der Waals surface area contributed by atoms with E-state index in [4.69, 9.17) is 10.5 Å². The van der Waals surface area contributed by atoms with Crippen LogP contribution in [0.25, 0.3) is 5.69 Å². The molecular formula is C12H15N3O2. The van der Waals surface area contributed by atoms with Crippen LogP contribution in [0.4, 0.5) is 5.69 Å². The molecule has 0 radical (unpaired) electrons. The van der Waals surface area contributed by atoms with Gasteiger partial charge in [-0.05, 0) is 12.1 Å². The molecule has 0 atom stereocenters. The first-order valence-corrected chi connectivity index (χ1v) is 5.27. The lowest BCUT2D eigenvalue weighted by Crippen LogP contribution is -2.20. The highest BCUT2D eigenvalue weighted by Gasteiger charge is 2.15. The minimum absolute atomic E-state index is 0.217. The maximum absolute atomic E-state index is 12.0. The SMILES string of the molecule is COCc1c(N)c(=O)n(-c2ccccc2)n1C. The Morgan fingerprint density at radius 1 is 1.29 bits per heavy atom. The highest BCUT2D eigenvalue weighted by atomic mass is 16.5. The number of hydrogen-bond donors (Lipinski definition) is 1. The van der Waals surface area contributed by atoms with E-state index in [1.54, 1.807) is 18.8 Å². The summed E-state index contributed by atoms with van der Waals surface area (Å²) in [7, 11) is 3.36. The topological polar surface area (TPSA) is 62.2 Å². The van der Waals surface area contributed by atoms with Gasteiger partial charge < -0.3 is 10.5 Å². The molecule has 0 fully saturated rings. The fraction of sp³-hybridized carbons (Fsp3) is 0.250. The van der Waals surface area contributed by atoms with E-state index in [1.165, 1.54) is 4.68 Å². The van der Waals surface area contributed by atoms with E-state index in [9.17, 15) is 4.79 Å². The number of nitrogens with two attached hydrogens (primary N) is 1. The Labute approximate surface area is 99.0 Å². The van der Waals surface area contributed by atoms with E-state index in [0.29, 0.717) is 12.3 Å². The predicted octanol–water partition coefficient (Wildman–Crippen LogP) is 0.905. The summed E-state index contributed by atoms with van der Waals surface area (Å²) in [6, 6.07) is 9.37. The standard InChI is InChI=1S/C12H15N3O2/c1-14-10(8-17-2)11(13)12(16)15(14)9-6-4-3-5-7-9/h3-7H,8,13H2,1-2H3. The van der Waals surface area contributed by atoms with Gasteiger partial charge >= 0.3 is 0 Å². The monoisotopic (exact) mass is 233 g/mol. The Hall–Kier alpha value is -2.01. The maximum atomic E-state index is 12.0. The maximum Gasteiger partial charge on any atom is 0.294 e. The van der Waals surface area contributed by atoms with Crippen molar-refractivity contribution in [3.8, 4) is 5.69 Å². The molecule has 0 amide bonds. The first-order chi connectivity index (χ1) is 8.16. The molecular weight excluding hydrogens is 218 g/mol. The van der Waals surface area contributed by atoms with E-state index in [-0.39, 0.29) is 11.2 Å². The Morgan fingerprint density at radius 2 is 1.94 bits per heavy atom. The fourth-order valence-corrected chi connectivity index (χ4v) is 1.84. The van der Waals surface area contributed by atoms with Crippen LogP contribution in [-0.4, -0.2) is 16.5 Å². The number of nitrogen functional groups attached to an aromatic ring is 1. The molecule has 0 aliphatic carbocycles. The molecule has 2 N–H and O–H groups in total. The number of benzene rings is 1. The van der Waals surface area contributed by atoms with Crippen LogP contribution in [0, 0.1) is 0 Å². The van der Waals surface area contributed by atoms with E-state index in [1.807, 2.05) is 30.3 Å². The molecule has 0 unspecified atom stereocenters. The first kappa shape index (κ1) is 11.5. The molecule has 0 saturated carbocycles. The van der Waals surface area contributed by atoms with E-state index >= 15 is 0 Å². The summed E-state index contributed by atoms with van der Waals surface area (Å²) in [5, 5.41) is 0. The third-order valence-corrected chi connectivity index (χ3v) is 2.71. The molecule has 90 valence electrons. The van der Waals surface area contributed by atoms with Crippen molar-refractivity contribution in [1.82, 2.24) is 9.36 Å². The molecule has 0 spiro atoms. The molecule has 0 aliphatic heterocycles. The summed E-state index contributed by atoms with van der Waals surface area (Å²) in [4.78, 5) is 12.0. The zero-order valence-corrected chi connectivity index (χ0v) is 9.88. The van der Waals surface area contributed by atoms with Crippen molar-refractivity contribution in [2.24, 2.45) is 7.05 Å². The van der Waals surface area contributed by atoms with Crippen molar-refractivity contribution in [2.75, 3.05) is 12.8 Å². The fourth-order valence-electron chi connectivity index (χ4n) is 1.84. The minimum Gasteiger partial charge on any atom is -0.393 e. The van der Waals surface area contributed by atoms with Crippen LogP contribution in [0.5, 0.6) is 0 Å². The van der Waals surface area contributed by atoms with Crippen molar-refractivity contribution in [3.05, 3.63) is 46.4 Å². The van der Waals surface area contributed by atoms with Crippen LogP contribution in [0.15, 0.2) is 35.1 Å². The Kier molecular flexibility index (Phi) is 3.01. The van der Waals surface area contributed by atoms with Crippen molar-refractivity contribution < 1.29 is 4.74 Å². The summed E-state index contributed by atoms with van der Waals surface area (Å²) in [6.07, 6.45) is 0. The highest BCUT2D eigenvalue weighted by Crippen LogP contribution is 2.12. The Morgan fingerprint density at radius 3 is 2.53 bits per heavy atom. The molecule has 0 aliphatic rings. The van der Waals surface area contributed by atoms with E-state index in [0.717, 1.165) is 5.69 Å². The molecule has 0 saturated heterocycles. The molecule has 5 heteroatoms. The van der Waals surface area contributed by atoms with Gasteiger partial charge in [0.2, 0.25) is 0 Å². The van der Waals surface area contributed by atoms with E-state index in [2.05, 4.69) is 0 Å². The molecule has 2 rings (SSSR count). The number of nitrogens with zero attached hydrogens (tertiary/aromatic N) is 2. The Balaban J connectivity index is 2.64. The quantitative estimate of drug-likeness (QED) is 0.857. The summed E-state index contributed by atoms with van der Waals surface area (Å²) in [6.45, 7) is 0.317. The largest absolute Gasteiger partial charge is 0.393 e. The second-order valence-electron chi connectivity index (χ2n) is 3.77. The number of hydrogen-bond acceptors (Lipinski definition) is 3. The van der Waals surface area contributed by atoms with Crippen molar-refractivity contribution in [2.45, 2.75) is 6.61 Å². The number of aromatic nitrogens is 2. The average Bonchev–Trinajstić information content (AvgIpc) is 2.55. The Bertz CT molecular complexity index is 569. The van der Waals surface area contributed by atoms with Crippen LogP contribution in [0.2, 0.25) is 0 Å². The van der Waals surface area contributed by atoms with Gasteiger partial charge in [0.15, 0.2) is 0 Å².